The molecule has 2 N–H and O–H groups in total. The summed E-state index contributed by atoms with van der Waals surface area (Å²) >= 11 is 5.65. The minimum absolute atomic E-state index is 0.130. The summed E-state index contributed by atoms with van der Waals surface area (Å²) in [5.74, 6) is -0.158. The fourth-order valence-corrected chi connectivity index (χ4v) is 3.93. The molecule has 12 heteroatoms. The lowest BCUT2D eigenvalue weighted by atomic mass is 9.83. The lowest BCUT2D eigenvalue weighted by molar-refractivity contribution is -0.274. The topological polar surface area (TPSA) is 62.2 Å². The average Bonchev–Trinajstić information content (AvgIpc) is 2.73. The van der Waals surface area contributed by atoms with Gasteiger partial charge < -0.3 is 24.6 Å². The predicted octanol–water partition coefficient (Wildman–Crippen LogP) is 4.98. The summed E-state index contributed by atoms with van der Waals surface area (Å²) in [6.07, 6.45) is -10.1. The SMILES string of the molecule is O[C@@H](COc1ccc(OC(F)(F)F)cc1)CN1CCC(O)(c2ccc(Cl)c(C(F)(F)F)c2)CC1. The Labute approximate surface area is 196 Å². The van der Waals surface area contributed by atoms with Gasteiger partial charge in [0.2, 0.25) is 0 Å². The van der Waals surface area contributed by atoms with Crippen molar-refractivity contribution in [1.29, 1.82) is 0 Å². The molecule has 1 aliphatic rings. The average molecular weight is 514 g/mol. The number of alkyl halides is 6. The molecule has 0 saturated carbocycles. The van der Waals surface area contributed by atoms with Gasteiger partial charge in [-0.25, -0.2) is 0 Å². The standard InChI is InChI=1S/C22H22ClF6NO4/c23-19-6-1-14(11-18(19)21(24,25)26)20(32)7-9-30(10-8-20)12-15(31)13-33-16-2-4-17(5-3-16)34-22(27,28)29/h1-6,11,15,31-32H,7-10,12-13H2/t15-/m1/s1. The number of benzene rings is 2. The van der Waals surface area contributed by atoms with Crippen LogP contribution in [-0.2, 0) is 11.8 Å². The molecule has 0 aromatic heterocycles. The lowest BCUT2D eigenvalue weighted by Gasteiger charge is -2.39. The van der Waals surface area contributed by atoms with Crippen LogP contribution in [-0.4, -0.2) is 53.8 Å². The number of nitrogens with zero attached hydrogens (tertiary/aromatic N) is 1. The molecule has 3 rings (SSSR count). The third kappa shape index (κ3) is 7.14. The molecular weight excluding hydrogens is 492 g/mol. The summed E-state index contributed by atoms with van der Waals surface area (Å²) in [7, 11) is 0. The van der Waals surface area contributed by atoms with Crippen molar-refractivity contribution in [2.45, 2.75) is 37.1 Å². The van der Waals surface area contributed by atoms with Crippen LogP contribution in [0.25, 0.3) is 0 Å². The van der Waals surface area contributed by atoms with Gasteiger partial charge in [0.05, 0.1) is 16.2 Å². The van der Waals surface area contributed by atoms with Gasteiger partial charge in [0.15, 0.2) is 0 Å². The Morgan fingerprint density at radius 3 is 2.12 bits per heavy atom. The molecule has 1 atom stereocenters. The van der Waals surface area contributed by atoms with Gasteiger partial charge in [-0.1, -0.05) is 17.7 Å². The van der Waals surface area contributed by atoms with E-state index in [0.717, 1.165) is 24.3 Å². The van der Waals surface area contributed by atoms with Crippen molar-refractivity contribution in [3.63, 3.8) is 0 Å². The second-order valence-corrected chi connectivity index (χ2v) is 8.42. The maximum atomic E-state index is 13.1. The first-order valence-corrected chi connectivity index (χ1v) is 10.6. The largest absolute Gasteiger partial charge is 0.573 e. The summed E-state index contributed by atoms with van der Waals surface area (Å²) in [6, 6.07) is 8.08. The third-order valence-electron chi connectivity index (χ3n) is 5.46. The van der Waals surface area contributed by atoms with E-state index in [4.69, 9.17) is 16.3 Å². The molecule has 1 fully saturated rings. The van der Waals surface area contributed by atoms with Crippen LogP contribution in [0.4, 0.5) is 26.3 Å². The molecule has 5 nitrogen and oxygen atoms in total. The Morgan fingerprint density at radius 2 is 1.56 bits per heavy atom. The molecule has 2 aromatic carbocycles. The van der Waals surface area contributed by atoms with Gasteiger partial charge in [0, 0.05) is 19.6 Å². The van der Waals surface area contributed by atoms with Crippen LogP contribution < -0.4 is 9.47 Å². The number of aliphatic hydroxyl groups excluding tert-OH is 1. The van der Waals surface area contributed by atoms with E-state index in [9.17, 15) is 36.6 Å². The molecule has 0 bridgehead atoms. The Balaban J connectivity index is 1.49. The molecule has 1 heterocycles. The number of halogens is 7. The number of β-amino-alcohol motifs (C(OH)–C–C–N with tert-alkyl or cyclic N) is 1. The fourth-order valence-electron chi connectivity index (χ4n) is 3.71. The molecule has 0 radical (unpaired) electrons. The van der Waals surface area contributed by atoms with Gasteiger partial charge in [-0.3, -0.25) is 0 Å². The van der Waals surface area contributed by atoms with Crippen molar-refractivity contribution in [3.05, 3.63) is 58.6 Å². The van der Waals surface area contributed by atoms with E-state index < -0.39 is 40.6 Å². The third-order valence-corrected chi connectivity index (χ3v) is 5.79. The Morgan fingerprint density at radius 1 is 0.971 bits per heavy atom. The van der Waals surface area contributed by atoms with Crippen LogP contribution in [0.15, 0.2) is 42.5 Å². The van der Waals surface area contributed by atoms with E-state index in [1.807, 2.05) is 4.90 Å². The quantitative estimate of drug-likeness (QED) is 0.511. The number of hydrogen-bond donors (Lipinski definition) is 2. The normalized spacial score (nSPS) is 17.9. The van der Waals surface area contributed by atoms with Crippen molar-refractivity contribution < 1.29 is 46.0 Å². The smallest absolute Gasteiger partial charge is 0.491 e. The van der Waals surface area contributed by atoms with Gasteiger partial charge in [-0.05, 0) is 54.8 Å². The highest BCUT2D eigenvalue weighted by Gasteiger charge is 2.38. The predicted molar refractivity (Wildman–Crippen MR) is 111 cm³/mol. The van der Waals surface area contributed by atoms with Crippen LogP contribution >= 0.6 is 11.6 Å². The van der Waals surface area contributed by atoms with E-state index >= 15 is 0 Å². The van der Waals surface area contributed by atoms with Crippen molar-refractivity contribution in [1.82, 2.24) is 4.90 Å². The Hall–Kier alpha value is -2.21. The lowest BCUT2D eigenvalue weighted by Crippen LogP contribution is -2.46. The molecule has 1 aliphatic heterocycles. The summed E-state index contributed by atoms with van der Waals surface area (Å²) < 4.78 is 85.1. The van der Waals surface area contributed by atoms with Gasteiger partial charge in [-0.2, -0.15) is 13.2 Å². The number of ether oxygens (including phenoxy) is 2. The highest BCUT2D eigenvalue weighted by atomic mass is 35.5. The Kier molecular flexibility index (Phi) is 7.91. The molecule has 0 aliphatic carbocycles. The van der Waals surface area contributed by atoms with Crippen LogP contribution in [0, 0.1) is 0 Å². The zero-order valence-electron chi connectivity index (χ0n) is 17.7. The van der Waals surface area contributed by atoms with Gasteiger partial charge in [0.25, 0.3) is 0 Å². The van der Waals surface area contributed by atoms with E-state index in [1.165, 1.54) is 18.2 Å². The van der Waals surface area contributed by atoms with E-state index in [-0.39, 0.29) is 37.3 Å². The van der Waals surface area contributed by atoms with Gasteiger partial charge >= 0.3 is 12.5 Å². The molecule has 188 valence electrons. The number of likely N-dealkylation sites (tertiary alicyclic amines) is 1. The van der Waals surface area contributed by atoms with Gasteiger partial charge in [0.1, 0.15) is 24.2 Å². The molecular formula is C22H22ClF6NO4. The van der Waals surface area contributed by atoms with Crippen molar-refractivity contribution >= 4 is 11.6 Å². The number of piperidine rings is 1. The number of rotatable bonds is 7. The highest BCUT2D eigenvalue weighted by Crippen LogP contribution is 2.40. The van der Waals surface area contributed by atoms with E-state index in [1.54, 1.807) is 0 Å². The van der Waals surface area contributed by atoms with Crippen LogP contribution in [0.3, 0.4) is 0 Å². The maximum absolute atomic E-state index is 13.1. The van der Waals surface area contributed by atoms with Crippen molar-refractivity contribution in [2.24, 2.45) is 0 Å². The molecule has 2 aromatic rings. The van der Waals surface area contributed by atoms with Crippen molar-refractivity contribution in [3.8, 4) is 11.5 Å². The number of aliphatic hydroxyl groups is 2. The van der Waals surface area contributed by atoms with E-state index in [0.29, 0.717) is 13.1 Å². The molecule has 0 amide bonds. The fraction of sp³-hybridized carbons (Fsp3) is 0.455. The first-order chi connectivity index (χ1) is 15.7. The van der Waals surface area contributed by atoms with Crippen LogP contribution in [0.2, 0.25) is 5.02 Å². The Bertz CT molecular complexity index is 959. The van der Waals surface area contributed by atoms with Gasteiger partial charge in [-0.15, -0.1) is 13.2 Å². The molecule has 34 heavy (non-hydrogen) atoms. The zero-order valence-corrected chi connectivity index (χ0v) is 18.4. The monoisotopic (exact) mass is 513 g/mol. The number of hydrogen-bond acceptors (Lipinski definition) is 5. The first-order valence-electron chi connectivity index (χ1n) is 10.2. The minimum Gasteiger partial charge on any atom is -0.491 e. The summed E-state index contributed by atoms with van der Waals surface area (Å²) in [5.41, 5.74) is -2.33. The van der Waals surface area contributed by atoms with Crippen molar-refractivity contribution in [2.75, 3.05) is 26.2 Å². The maximum Gasteiger partial charge on any atom is 0.573 e. The summed E-state index contributed by atoms with van der Waals surface area (Å²) in [6.45, 7) is 0.689. The summed E-state index contributed by atoms with van der Waals surface area (Å²) in [4.78, 5) is 1.84. The highest BCUT2D eigenvalue weighted by molar-refractivity contribution is 6.31. The second-order valence-electron chi connectivity index (χ2n) is 8.01. The minimum atomic E-state index is -4.80. The second kappa shape index (κ2) is 10.2. The zero-order chi connectivity index (χ0) is 25.1. The molecule has 0 spiro atoms. The molecule has 1 saturated heterocycles. The first kappa shape index (κ1) is 26.4. The van der Waals surface area contributed by atoms with Crippen LogP contribution in [0.1, 0.15) is 24.0 Å². The van der Waals surface area contributed by atoms with E-state index in [2.05, 4.69) is 4.74 Å². The summed E-state index contributed by atoms with van der Waals surface area (Å²) in [5, 5.41) is 20.7. The molecule has 0 unspecified atom stereocenters. The van der Waals surface area contributed by atoms with Crippen LogP contribution in [0.5, 0.6) is 11.5 Å².